The first-order valence-electron chi connectivity index (χ1n) is 5.27. The highest BCUT2D eigenvalue weighted by atomic mass is 16.6. The molecule has 1 N–H and O–H groups in total. The molecule has 3 aliphatic rings. The maximum Gasteiger partial charge on any atom is 0.174 e. The zero-order valence-electron chi connectivity index (χ0n) is 8.53. The Kier molecular flexibility index (Phi) is 1.34. The van der Waals surface area contributed by atoms with Gasteiger partial charge in [0.1, 0.15) is 5.41 Å². The number of aliphatic hydroxyl groups excluding tert-OH is 1. The summed E-state index contributed by atoms with van der Waals surface area (Å²) < 4.78 is 5.58. The van der Waals surface area contributed by atoms with Crippen LogP contribution in [0.3, 0.4) is 0 Å². The molecule has 2 saturated carbocycles. The molecule has 2 aliphatic carbocycles. The normalized spacial score (nSPS) is 57.6. The molecule has 5 unspecified atom stereocenters. The summed E-state index contributed by atoms with van der Waals surface area (Å²) in [5, 5.41) is 19.1. The average Bonchev–Trinajstić information content (AvgIpc) is 2.67. The molecular formula is C11H15NO2. The van der Waals surface area contributed by atoms with Gasteiger partial charge in [-0.15, -0.1) is 0 Å². The lowest BCUT2D eigenvalue weighted by Crippen LogP contribution is -2.39. The number of fused-ring (bicyclic) bond motifs is 1. The molecule has 0 spiro atoms. The number of hydrogen-bond donors (Lipinski definition) is 1. The third-order valence-electron chi connectivity index (χ3n) is 4.86. The van der Waals surface area contributed by atoms with E-state index in [0.717, 1.165) is 12.8 Å². The van der Waals surface area contributed by atoms with E-state index >= 15 is 0 Å². The minimum Gasteiger partial charge on any atom is -0.367 e. The first kappa shape index (κ1) is 8.70. The Morgan fingerprint density at radius 3 is 2.79 bits per heavy atom. The highest BCUT2D eigenvalue weighted by Crippen LogP contribution is 2.69. The molecule has 1 aliphatic heterocycles. The van der Waals surface area contributed by atoms with Crippen LogP contribution < -0.4 is 0 Å². The molecule has 0 aromatic rings. The van der Waals surface area contributed by atoms with Gasteiger partial charge < -0.3 is 9.84 Å². The Morgan fingerprint density at radius 2 is 2.21 bits per heavy atom. The smallest absolute Gasteiger partial charge is 0.174 e. The van der Waals surface area contributed by atoms with Gasteiger partial charge in [0.05, 0.1) is 12.2 Å². The van der Waals surface area contributed by atoms with E-state index in [9.17, 15) is 10.4 Å². The maximum atomic E-state index is 9.83. The van der Waals surface area contributed by atoms with Crippen molar-refractivity contribution >= 4 is 0 Å². The molecule has 1 heterocycles. The minimum absolute atomic E-state index is 0.0934. The van der Waals surface area contributed by atoms with Crippen LogP contribution in [0.15, 0.2) is 0 Å². The molecule has 0 aromatic carbocycles. The van der Waals surface area contributed by atoms with Crippen LogP contribution in [-0.4, -0.2) is 17.5 Å². The highest BCUT2D eigenvalue weighted by Gasteiger charge is 2.72. The summed E-state index contributed by atoms with van der Waals surface area (Å²) >= 11 is 0. The number of nitriles is 1. The van der Waals surface area contributed by atoms with Gasteiger partial charge in [-0.2, -0.15) is 5.26 Å². The van der Waals surface area contributed by atoms with Gasteiger partial charge in [0.2, 0.25) is 0 Å². The van der Waals surface area contributed by atoms with Crippen molar-refractivity contribution in [1.82, 2.24) is 0 Å². The Labute approximate surface area is 83.7 Å². The molecule has 2 bridgehead atoms. The molecule has 76 valence electrons. The van der Waals surface area contributed by atoms with Crippen molar-refractivity contribution in [3.05, 3.63) is 0 Å². The van der Waals surface area contributed by atoms with Crippen LogP contribution in [0.1, 0.15) is 26.7 Å². The fourth-order valence-corrected chi connectivity index (χ4v) is 3.87. The molecule has 0 aromatic heterocycles. The molecule has 3 rings (SSSR count). The average molecular weight is 193 g/mol. The van der Waals surface area contributed by atoms with E-state index in [-0.39, 0.29) is 17.4 Å². The summed E-state index contributed by atoms with van der Waals surface area (Å²) in [4.78, 5) is 0. The van der Waals surface area contributed by atoms with Gasteiger partial charge in [-0.1, -0.05) is 13.8 Å². The SMILES string of the molecule is CC1(C)C2CC3C1OC(O)C3(C#N)C2. The second-order valence-electron chi connectivity index (χ2n) is 5.63. The predicted molar refractivity (Wildman–Crippen MR) is 48.9 cm³/mol. The summed E-state index contributed by atoms with van der Waals surface area (Å²) in [7, 11) is 0. The van der Waals surface area contributed by atoms with Crippen LogP contribution >= 0.6 is 0 Å². The molecule has 0 amide bonds. The largest absolute Gasteiger partial charge is 0.367 e. The quantitative estimate of drug-likeness (QED) is 0.630. The highest BCUT2D eigenvalue weighted by molar-refractivity contribution is 5.23. The Bertz CT molecular complexity index is 333. The number of ether oxygens (including phenoxy) is 1. The van der Waals surface area contributed by atoms with E-state index in [1.807, 2.05) is 0 Å². The Balaban J connectivity index is 2.10. The predicted octanol–water partition coefficient (Wildman–Crippen LogP) is 1.28. The van der Waals surface area contributed by atoms with Gasteiger partial charge in [-0.25, -0.2) is 0 Å². The fourth-order valence-electron chi connectivity index (χ4n) is 3.87. The van der Waals surface area contributed by atoms with Crippen molar-refractivity contribution in [3.8, 4) is 6.07 Å². The van der Waals surface area contributed by atoms with Crippen molar-refractivity contribution in [2.45, 2.75) is 39.1 Å². The van der Waals surface area contributed by atoms with Crippen molar-refractivity contribution in [3.63, 3.8) is 0 Å². The maximum absolute atomic E-state index is 9.83. The standard InChI is InChI=1S/C11H15NO2/c1-10(2)6-3-7-8(10)14-9(13)11(7,4-6)5-12/h6-9,13H,3-4H2,1-2H3. The van der Waals surface area contributed by atoms with Crippen molar-refractivity contribution in [2.24, 2.45) is 22.7 Å². The molecule has 0 radical (unpaired) electrons. The number of hydrogen-bond acceptors (Lipinski definition) is 3. The summed E-state index contributed by atoms with van der Waals surface area (Å²) in [5.74, 6) is 0.816. The molecule has 3 fully saturated rings. The zero-order chi connectivity index (χ0) is 10.1. The number of aliphatic hydroxyl groups is 1. The summed E-state index contributed by atoms with van der Waals surface area (Å²) in [6.45, 7) is 4.39. The summed E-state index contributed by atoms with van der Waals surface area (Å²) in [5.41, 5.74) is -0.437. The number of rotatable bonds is 0. The Morgan fingerprint density at radius 1 is 1.50 bits per heavy atom. The van der Waals surface area contributed by atoms with Crippen molar-refractivity contribution in [1.29, 1.82) is 5.26 Å². The summed E-state index contributed by atoms with van der Waals surface area (Å²) in [6, 6.07) is 2.31. The van der Waals surface area contributed by atoms with Crippen molar-refractivity contribution < 1.29 is 9.84 Å². The molecular weight excluding hydrogens is 178 g/mol. The van der Waals surface area contributed by atoms with Crippen LogP contribution in [-0.2, 0) is 4.74 Å². The molecule has 1 saturated heterocycles. The van der Waals surface area contributed by atoms with E-state index < -0.39 is 11.7 Å². The third-order valence-corrected chi connectivity index (χ3v) is 4.86. The fraction of sp³-hybridized carbons (Fsp3) is 0.909. The van der Waals surface area contributed by atoms with E-state index in [4.69, 9.17) is 4.74 Å². The molecule has 3 nitrogen and oxygen atoms in total. The lowest BCUT2D eigenvalue weighted by Gasteiger charge is -2.36. The molecule has 14 heavy (non-hydrogen) atoms. The van der Waals surface area contributed by atoms with Gasteiger partial charge in [-0.3, -0.25) is 0 Å². The van der Waals surface area contributed by atoms with E-state index in [0.29, 0.717) is 5.92 Å². The second-order valence-corrected chi connectivity index (χ2v) is 5.63. The second kappa shape index (κ2) is 2.15. The molecule has 3 heteroatoms. The van der Waals surface area contributed by atoms with Gasteiger partial charge in [0.15, 0.2) is 6.29 Å². The van der Waals surface area contributed by atoms with Crippen LogP contribution in [0.2, 0.25) is 0 Å². The van der Waals surface area contributed by atoms with Crippen LogP contribution in [0.25, 0.3) is 0 Å². The number of nitrogens with zero attached hydrogens (tertiary/aromatic N) is 1. The zero-order valence-corrected chi connectivity index (χ0v) is 8.53. The van der Waals surface area contributed by atoms with Gasteiger partial charge in [-0.05, 0) is 24.2 Å². The van der Waals surface area contributed by atoms with E-state index in [1.54, 1.807) is 0 Å². The van der Waals surface area contributed by atoms with E-state index in [1.165, 1.54) is 0 Å². The monoisotopic (exact) mass is 193 g/mol. The Hall–Kier alpha value is -0.590. The van der Waals surface area contributed by atoms with Gasteiger partial charge >= 0.3 is 0 Å². The minimum atomic E-state index is -0.853. The molecule has 5 atom stereocenters. The lowest BCUT2D eigenvalue weighted by atomic mass is 9.66. The van der Waals surface area contributed by atoms with Crippen molar-refractivity contribution in [2.75, 3.05) is 0 Å². The van der Waals surface area contributed by atoms with Crippen LogP contribution in [0.5, 0.6) is 0 Å². The first-order valence-corrected chi connectivity index (χ1v) is 5.27. The van der Waals surface area contributed by atoms with Gasteiger partial charge in [0.25, 0.3) is 0 Å². The topological polar surface area (TPSA) is 53.2 Å². The summed E-state index contributed by atoms with van der Waals surface area (Å²) in [6.07, 6.45) is 1.12. The van der Waals surface area contributed by atoms with E-state index in [2.05, 4.69) is 19.9 Å². The third kappa shape index (κ3) is 0.656. The van der Waals surface area contributed by atoms with Crippen LogP contribution in [0, 0.1) is 34.0 Å². The lowest BCUT2D eigenvalue weighted by molar-refractivity contribution is -0.130. The van der Waals surface area contributed by atoms with Gasteiger partial charge in [0, 0.05) is 5.92 Å². The first-order chi connectivity index (χ1) is 6.52. The van der Waals surface area contributed by atoms with Crippen LogP contribution in [0.4, 0.5) is 0 Å².